The topological polar surface area (TPSA) is 84.0 Å². The molecule has 7 nitrogen and oxygen atoms in total. The molecule has 1 aromatic heterocycles. The van der Waals surface area contributed by atoms with Crippen LogP contribution in [0.3, 0.4) is 0 Å². The fourth-order valence-electron chi connectivity index (χ4n) is 4.02. The largest absolute Gasteiger partial charge is 0.472 e. The van der Waals surface area contributed by atoms with Crippen molar-refractivity contribution in [3.05, 3.63) is 66.6 Å². The number of nitrogens with two attached hydrogens (primary N) is 1. The number of nitrogens with zero attached hydrogens (tertiary/aromatic N) is 2. The summed E-state index contributed by atoms with van der Waals surface area (Å²) in [5, 5.41) is 3.39. The van der Waals surface area contributed by atoms with E-state index in [0.717, 1.165) is 54.2 Å². The maximum absolute atomic E-state index is 12.9. The molecule has 1 unspecified atom stereocenters. The molecule has 3 aromatic rings. The predicted octanol–water partition coefficient (Wildman–Crippen LogP) is 4.12. The molecule has 1 saturated heterocycles. The van der Waals surface area contributed by atoms with Crippen LogP contribution in [-0.4, -0.2) is 55.6 Å². The Hall–Kier alpha value is -3.29. The van der Waals surface area contributed by atoms with Crippen molar-refractivity contribution in [2.75, 3.05) is 50.9 Å². The summed E-state index contributed by atoms with van der Waals surface area (Å²) in [7, 11) is 2.10. The standard InChI is InChI=1S/C25H30N4O3/c1-3-32-25(30)24(29-12-10-28(2)11-13-29)19-5-4-6-21(15-19)27-23-8-7-18(16-22(23)26)20-9-14-31-17-20/h4-9,14-17,24,27H,3,10-13,26H2,1-2H3. The summed E-state index contributed by atoms with van der Waals surface area (Å²) >= 11 is 0. The van der Waals surface area contributed by atoms with Gasteiger partial charge < -0.3 is 25.1 Å². The zero-order chi connectivity index (χ0) is 22.5. The first kappa shape index (κ1) is 21.9. The zero-order valence-corrected chi connectivity index (χ0v) is 18.6. The van der Waals surface area contributed by atoms with Gasteiger partial charge >= 0.3 is 5.97 Å². The van der Waals surface area contributed by atoms with Crippen molar-refractivity contribution >= 4 is 23.0 Å². The van der Waals surface area contributed by atoms with Gasteiger partial charge in [-0.1, -0.05) is 18.2 Å². The van der Waals surface area contributed by atoms with Gasteiger partial charge in [0.25, 0.3) is 0 Å². The predicted molar refractivity (Wildman–Crippen MR) is 127 cm³/mol. The van der Waals surface area contributed by atoms with E-state index in [0.29, 0.717) is 12.3 Å². The van der Waals surface area contributed by atoms with E-state index in [-0.39, 0.29) is 5.97 Å². The minimum atomic E-state index is -0.425. The number of nitrogen functional groups attached to an aromatic ring is 1. The molecular formula is C25H30N4O3. The highest BCUT2D eigenvalue weighted by Gasteiger charge is 2.31. The lowest BCUT2D eigenvalue weighted by atomic mass is 10.0. The molecule has 32 heavy (non-hydrogen) atoms. The summed E-state index contributed by atoms with van der Waals surface area (Å²) in [5.74, 6) is -0.210. The Morgan fingerprint density at radius 1 is 1.12 bits per heavy atom. The molecule has 3 N–H and O–H groups in total. The average Bonchev–Trinajstić information content (AvgIpc) is 3.32. The minimum absolute atomic E-state index is 0.210. The lowest BCUT2D eigenvalue weighted by Crippen LogP contribution is -2.48. The molecule has 0 bridgehead atoms. The van der Waals surface area contributed by atoms with Crippen molar-refractivity contribution in [3.63, 3.8) is 0 Å². The Balaban J connectivity index is 1.56. The van der Waals surface area contributed by atoms with Gasteiger partial charge in [0.15, 0.2) is 0 Å². The number of esters is 1. The van der Waals surface area contributed by atoms with Crippen LogP contribution in [0.15, 0.2) is 65.5 Å². The number of piperazine rings is 1. The molecule has 2 aromatic carbocycles. The van der Waals surface area contributed by atoms with Crippen molar-refractivity contribution in [1.82, 2.24) is 9.80 Å². The highest BCUT2D eigenvalue weighted by molar-refractivity contribution is 5.80. The molecule has 168 valence electrons. The zero-order valence-electron chi connectivity index (χ0n) is 18.6. The molecule has 4 rings (SSSR count). The van der Waals surface area contributed by atoms with Gasteiger partial charge in [0.05, 0.1) is 30.5 Å². The van der Waals surface area contributed by atoms with Crippen LogP contribution in [0.2, 0.25) is 0 Å². The molecule has 1 aliphatic rings. The second-order valence-electron chi connectivity index (χ2n) is 8.06. The summed E-state index contributed by atoms with van der Waals surface area (Å²) in [6.07, 6.45) is 3.34. The van der Waals surface area contributed by atoms with Crippen LogP contribution in [-0.2, 0) is 9.53 Å². The first-order valence-electron chi connectivity index (χ1n) is 10.9. The molecule has 1 aliphatic heterocycles. The van der Waals surface area contributed by atoms with E-state index in [1.165, 1.54) is 0 Å². The van der Waals surface area contributed by atoms with Gasteiger partial charge in [0, 0.05) is 37.4 Å². The van der Waals surface area contributed by atoms with Crippen molar-refractivity contribution in [3.8, 4) is 11.1 Å². The van der Waals surface area contributed by atoms with Crippen LogP contribution in [0.1, 0.15) is 18.5 Å². The van der Waals surface area contributed by atoms with Crippen LogP contribution < -0.4 is 11.1 Å². The van der Waals surface area contributed by atoms with Crippen molar-refractivity contribution < 1.29 is 13.9 Å². The van der Waals surface area contributed by atoms with Crippen molar-refractivity contribution in [2.45, 2.75) is 13.0 Å². The number of anilines is 3. The third-order valence-electron chi connectivity index (χ3n) is 5.80. The monoisotopic (exact) mass is 434 g/mol. The van der Waals surface area contributed by atoms with Gasteiger partial charge in [-0.3, -0.25) is 4.90 Å². The van der Waals surface area contributed by atoms with Crippen LogP contribution >= 0.6 is 0 Å². The van der Waals surface area contributed by atoms with Crippen molar-refractivity contribution in [2.24, 2.45) is 0 Å². The SMILES string of the molecule is CCOC(=O)C(c1cccc(Nc2ccc(-c3ccoc3)cc2N)c1)N1CCN(C)CC1. The number of rotatable bonds is 7. The number of hydrogen-bond donors (Lipinski definition) is 2. The summed E-state index contributed by atoms with van der Waals surface area (Å²) < 4.78 is 10.6. The van der Waals surface area contributed by atoms with Gasteiger partial charge in [-0.2, -0.15) is 0 Å². The highest BCUT2D eigenvalue weighted by Crippen LogP contribution is 2.31. The van der Waals surface area contributed by atoms with Gasteiger partial charge in [-0.05, 0) is 55.4 Å². The second kappa shape index (κ2) is 9.89. The summed E-state index contributed by atoms with van der Waals surface area (Å²) in [6.45, 7) is 5.69. The molecule has 2 heterocycles. The first-order valence-corrected chi connectivity index (χ1v) is 10.9. The Labute approximate surface area is 188 Å². The van der Waals surface area contributed by atoms with Gasteiger partial charge in [0.2, 0.25) is 0 Å². The van der Waals surface area contributed by atoms with Crippen molar-refractivity contribution in [1.29, 1.82) is 0 Å². The smallest absolute Gasteiger partial charge is 0.328 e. The summed E-state index contributed by atoms with van der Waals surface area (Å²) in [4.78, 5) is 17.3. The third-order valence-corrected chi connectivity index (χ3v) is 5.80. The van der Waals surface area contributed by atoms with E-state index in [1.807, 2.05) is 55.5 Å². The number of carbonyl (C=O) groups is 1. The molecule has 0 saturated carbocycles. The van der Waals surface area contributed by atoms with E-state index in [1.54, 1.807) is 12.5 Å². The van der Waals surface area contributed by atoms with Crippen LogP contribution in [0.5, 0.6) is 0 Å². The molecule has 0 spiro atoms. The Kier molecular flexibility index (Phi) is 6.78. The summed E-state index contributed by atoms with van der Waals surface area (Å²) in [6, 6.07) is 15.3. The molecule has 0 radical (unpaired) electrons. The number of likely N-dealkylation sites (N-methyl/N-ethyl adjacent to an activating group) is 1. The Morgan fingerprint density at radius 2 is 1.94 bits per heavy atom. The quantitative estimate of drug-likeness (QED) is 0.427. The summed E-state index contributed by atoms with van der Waals surface area (Å²) in [5.41, 5.74) is 11.5. The number of nitrogens with one attached hydrogen (secondary N) is 1. The van der Waals surface area contributed by atoms with Crippen LogP contribution in [0.4, 0.5) is 17.1 Å². The van der Waals surface area contributed by atoms with E-state index in [2.05, 4.69) is 22.2 Å². The molecule has 1 atom stereocenters. The highest BCUT2D eigenvalue weighted by atomic mass is 16.5. The van der Waals surface area contributed by atoms with E-state index in [9.17, 15) is 4.79 Å². The first-order chi connectivity index (χ1) is 15.5. The van der Waals surface area contributed by atoms with Crippen LogP contribution in [0.25, 0.3) is 11.1 Å². The lowest BCUT2D eigenvalue weighted by Gasteiger charge is -2.37. The van der Waals surface area contributed by atoms with E-state index >= 15 is 0 Å². The second-order valence-corrected chi connectivity index (χ2v) is 8.06. The number of hydrogen-bond acceptors (Lipinski definition) is 7. The van der Waals surface area contributed by atoms with Gasteiger partial charge in [-0.25, -0.2) is 4.79 Å². The molecule has 0 aliphatic carbocycles. The Bertz CT molecular complexity index is 1040. The van der Waals surface area contributed by atoms with E-state index in [4.69, 9.17) is 14.9 Å². The number of furan rings is 1. The molecular weight excluding hydrogens is 404 g/mol. The molecule has 7 heteroatoms. The Morgan fingerprint density at radius 3 is 2.62 bits per heavy atom. The fourth-order valence-corrected chi connectivity index (χ4v) is 4.02. The normalized spacial score (nSPS) is 15.9. The van der Waals surface area contributed by atoms with Gasteiger partial charge in [0.1, 0.15) is 6.04 Å². The third kappa shape index (κ3) is 4.95. The van der Waals surface area contributed by atoms with E-state index < -0.39 is 6.04 Å². The fraction of sp³-hybridized carbons (Fsp3) is 0.320. The minimum Gasteiger partial charge on any atom is -0.472 e. The number of carbonyl (C=O) groups excluding carboxylic acids is 1. The van der Waals surface area contributed by atoms with Gasteiger partial charge in [-0.15, -0.1) is 0 Å². The lowest BCUT2D eigenvalue weighted by molar-refractivity contribution is -0.150. The molecule has 1 fully saturated rings. The number of benzene rings is 2. The maximum Gasteiger partial charge on any atom is 0.328 e. The maximum atomic E-state index is 12.9. The molecule has 0 amide bonds. The average molecular weight is 435 g/mol. The number of ether oxygens (including phenoxy) is 1. The van der Waals surface area contributed by atoms with Crippen LogP contribution in [0, 0.1) is 0 Å².